The molecule has 0 saturated heterocycles. The number of carbonyl (C=O) groups is 2. The lowest BCUT2D eigenvalue weighted by molar-refractivity contribution is -0.154. The average Bonchev–Trinajstić information content (AvgIpc) is 2.54. The monoisotopic (exact) mass is 384 g/mol. The minimum atomic E-state index is -3.71. The molecule has 0 fully saturated rings. The highest BCUT2D eigenvalue weighted by Crippen LogP contribution is 2.23. The van der Waals surface area contributed by atoms with Crippen molar-refractivity contribution in [3.63, 3.8) is 0 Å². The minimum absolute atomic E-state index is 0.0692. The van der Waals surface area contributed by atoms with Gasteiger partial charge in [-0.2, -0.15) is 0 Å². The molecule has 0 bridgehead atoms. The Hall–Kier alpha value is -1.93. The predicted octanol–water partition coefficient (Wildman–Crippen LogP) is 1.72. The number of esters is 1. The van der Waals surface area contributed by atoms with Crippen molar-refractivity contribution < 1.29 is 22.7 Å². The number of sulfonamides is 1. The van der Waals surface area contributed by atoms with Crippen LogP contribution in [0.3, 0.4) is 0 Å². The van der Waals surface area contributed by atoms with Gasteiger partial charge in [0, 0.05) is 13.1 Å². The summed E-state index contributed by atoms with van der Waals surface area (Å²) in [5.74, 6) is -1.03. The average molecular weight is 384 g/mol. The summed E-state index contributed by atoms with van der Waals surface area (Å²) in [5.41, 5.74) is 0.958. The van der Waals surface area contributed by atoms with Gasteiger partial charge in [-0.25, -0.2) is 13.1 Å². The van der Waals surface area contributed by atoms with Gasteiger partial charge < -0.3 is 10.1 Å². The van der Waals surface area contributed by atoms with Gasteiger partial charge in [-0.1, -0.05) is 32.9 Å². The molecule has 0 saturated carbocycles. The molecular weight excluding hydrogens is 356 g/mol. The van der Waals surface area contributed by atoms with Crippen LogP contribution in [0, 0.1) is 0 Å². The second-order valence-electron chi connectivity index (χ2n) is 6.95. The van der Waals surface area contributed by atoms with Crippen LogP contribution in [0.5, 0.6) is 0 Å². The van der Waals surface area contributed by atoms with Crippen molar-refractivity contribution in [2.75, 3.05) is 13.1 Å². The van der Waals surface area contributed by atoms with Crippen molar-refractivity contribution in [1.29, 1.82) is 0 Å². The first kappa shape index (κ1) is 22.1. The first-order valence-electron chi connectivity index (χ1n) is 8.54. The molecule has 0 aliphatic heterocycles. The maximum absolute atomic E-state index is 12.3. The maximum atomic E-state index is 12.3. The molecule has 1 aromatic rings. The number of likely N-dealkylation sites (N-methyl/N-ethyl adjacent to an activating group) is 1. The number of ether oxygens (including phenoxy) is 1. The van der Waals surface area contributed by atoms with Crippen molar-refractivity contribution >= 4 is 21.9 Å². The van der Waals surface area contributed by atoms with Crippen LogP contribution in [0.15, 0.2) is 29.2 Å². The van der Waals surface area contributed by atoms with E-state index in [4.69, 9.17) is 4.74 Å². The molecule has 8 heteroatoms. The Morgan fingerprint density at radius 2 is 1.73 bits per heavy atom. The number of amides is 1. The van der Waals surface area contributed by atoms with Crippen LogP contribution in [0.2, 0.25) is 0 Å². The van der Waals surface area contributed by atoms with Gasteiger partial charge in [-0.3, -0.25) is 9.59 Å². The van der Waals surface area contributed by atoms with E-state index in [0.29, 0.717) is 6.54 Å². The lowest BCUT2D eigenvalue weighted by atomic mass is 9.87. The third kappa shape index (κ3) is 6.76. The fraction of sp³-hybridized carbons (Fsp3) is 0.556. The Balaban J connectivity index is 2.56. The Labute approximate surface area is 155 Å². The second-order valence-corrected chi connectivity index (χ2v) is 8.72. The van der Waals surface area contributed by atoms with Crippen molar-refractivity contribution in [1.82, 2.24) is 10.0 Å². The van der Waals surface area contributed by atoms with Crippen LogP contribution in [0.25, 0.3) is 0 Å². The van der Waals surface area contributed by atoms with Gasteiger partial charge in [0.15, 0.2) is 6.10 Å². The highest BCUT2D eigenvalue weighted by molar-refractivity contribution is 7.89. The topological polar surface area (TPSA) is 102 Å². The summed E-state index contributed by atoms with van der Waals surface area (Å²) < 4.78 is 31.8. The molecule has 2 N–H and O–H groups in total. The molecule has 0 unspecified atom stereocenters. The Bertz CT molecular complexity index is 721. The molecule has 1 amide bonds. The summed E-state index contributed by atoms with van der Waals surface area (Å²) in [6, 6.07) is 6.63. The van der Waals surface area contributed by atoms with Gasteiger partial charge in [-0.15, -0.1) is 0 Å². The van der Waals surface area contributed by atoms with Crippen molar-refractivity contribution in [2.24, 2.45) is 0 Å². The van der Waals surface area contributed by atoms with Crippen LogP contribution >= 0.6 is 0 Å². The minimum Gasteiger partial charge on any atom is -0.453 e. The van der Waals surface area contributed by atoms with E-state index in [1.165, 1.54) is 6.92 Å². The Morgan fingerprint density at radius 1 is 1.15 bits per heavy atom. The molecule has 1 rings (SSSR count). The van der Waals surface area contributed by atoms with Crippen LogP contribution in [0.4, 0.5) is 0 Å². The van der Waals surface area contributed by atoms with Gasteiger partial charge in [0.25, 0.3) is 5.91 Å². The van der Waals surface area contributed by atoms with Gasteiger partial charge >= 0.3 is 5.97 Å². The highest BCUT2D eigenvalue weighted by atomic mass is 32.2. The zero-order valence-corrected chi connectivity index (χ0v) is 16.8. The van der Waals surface area contributed by atoms with Crippen LogP contribution < -0.4 is 10.0 Å². The summed E-state index contributed by atoms with van der Waals surface area (Å²) in [4.78, 5) is 23.3. The molecule has 0 spiro atoms. The second kappa shape index (κ2) is 9.14. The first-order valence-corrected chi connectivity index (χ1v) is 10.0. The molecule has 7 nitrogen and oxygen atoms in total. The molecule has 0 aliphatic carbocycles. The van der Waals surface area contributed by atoms with Crippen molar-refractivity contribution in [2.45, 2.75) is 57.5 Å². The first-order chi connectivity index (χ1) is 12.0. The molecule has 0 radical (unpaired) electrons. The molecule has 26 heavy (non-hydrogen) atoms. The SMILES string of the molecule is CCNC(=O)[C@@H](C)OC(=O)CCNS(=O)(=O)c1ccc(C(C)(C)C)cc1. The zero-order chi connectivity index (χ0) is 20.0. The third-order valence-electron chi connectivity index (χ3n) is 3.68. The van der Waals surface area contributed by atoms with Crippen molar-refractivity contribution in [3.05, 3.63) is 29.8 Å². The fourth-order valence-corrected chi connectivity index (χ4v) is 3.16. The van der Waals surface area contributed by atoms with E-state index < -0.39 is 22.1 Å². The number of rotatable bonds is 8. The van der Waals surface area contributed by atoms with Gasteiger partial charge in [0.1, 0.15) is 0 Å². The normalized spacial score (nSPS) is 13.1. The van der Waals surface area contributed by atoms with Crippen LogP contribution in [-0.2, 0) is 29.8 Å². The van der Waals surface area contributed by atoms with Crippen molar-refractivity contribution in [3.8, 4) is 0 Å². The zero-order valence-electron chi connectivity index (χ0n) is 16.0. The quantitative estimate of drug-likeness (QED) is 0.665. The summed E-state index contributed by atoms with van der Waals surface area (Å²) >= 11 is 0. The molecule has 146 valence electrons. The van der Waals surface area contributed by atoms with E-state index in [-0.39, 0.29) is 29.2 Å². The maximum Gasteiger partial charge on any atom is 0.307 e. The lowest BCUT2D eigenvalue weighted by Gasteiger charge is -2.19. The van der Waals surface area contributed by atoms with E-state index in [2.05, 4.69) is 10.0 Å². The number of benzene rings is 1. The van der Waals surface area contributed by atoms with E-state index >= 15 is 0 Å². The van der Waals surface area contributed by atoms with E-state index in [0.717, 1.165) is 5.56 Å². The lowest BCUT2D eigenvalue weighted by Crippen LogP contribution is -2.36. The third-order valence-corrected chi connectivity index (χ3v) is 5.16. The molecule has 0 aromatic heterocycles. The molecule has 0 aliphatic rings. The summed E-state index contributed by atoms with van der Waals surface area (Å²) in [7, 11) is -3.71. The number of nitrogens with one attached hydrogen (secondary N) is 2. The number of hydrogen-bond donors (Lipinski definition) is 2. The van der Waals surface area contributed by atoms with Gasteiger partial charge in [0.05, 0.1) is 11.3 Å². The molecule has 1 aromatic carbocycles. The van der Waals surface area contributed by atoms with Crippen LogP contribution in [-0.4, -0.2) is 39.5 Å². The summed E-state index contributed by atoms with van der Waals surface area (Å²) in [6.07, 6.45) is -1.08. The Kier molecular flexibility index (Phi) is 7.77. The highest BCUT2D eigenvalue weighted by Gasteiger charge is 2.19. The smallest absolute Gasteiger partial charge is 0.307 e. The van der Waals surface area contributed by atoms with E-state index in [9.17, 15) is 18.0 Å². The molecule has 0 heterocycles. The Morgan fingerprint density at radius 3 is 2.23 bits per heavy atom. The molecule has 1 atom stereocenters. The fourth-order valence-electron chi connectivity index (χ4n) is 2.13. The van der Waals surface area contributed by atoms with Gasteiger partial charge in [0.2, 0.25) is 10.0 Å². The number of hydrogen-bond acceptors (Lipinski definition) is 5. The number of carbonyl (C=O) groups excluding carboxylic acids is 2. The van der Waals surface area contributed by atoms with E-state index in [1.54, 1.807) is 31.2 Å². The van der Waals surface area contributed by atoms with Gasteiger partial charge in [-0.05, 0) is 37.0 Å². The largest absolute Gasteiger partial charge is 0.453 e. The summed E-state index contributed by atoms with van der Waals surface area (Å²) in [6.45, 7) is 9.68. The molecular formula is C18H28N2O5S. The van der Waals surface area contributed by atoms with Crippen LogP contribution in [0.1, 0.15) is 46.6 Å². The summed E-state index contributed by atoms with van der Waals surface area (Å²) in [5, 5.41) is 2.54. The van der Waals surface area contributed by atoms with E-state index in [1.807, 2.05) is 20.8 Å². The standard InChI is InChI=1S/C18H28N2O5S/c1-6-19-17(22)13(2)25-16(21)11-12-20-26(23,24)15-9-7-14(8-10-15)18(3,4)5/h7-10,13,20H,6,11-12H2,1-5H3,(H,19,22)/t13-/m1/s1. The predicted molar refractivity (Wildman–Crippen MR) is 99.2 cm³/mol.